The highest BCUT2D eigenvalue weighted by molar-refractivity contribution is 8.01. The minimum absolute atomic E-state index is 0.0535. The smallest absolute Gasteiger partial charge is 0.308 e. The van der Waals surface area contributed by atoms with Crippen LogP contribution in [0.15, 0.2) is 33.5 Å². The summed E-state index contributed by atoms with van der Waals surface area (Å²) in [6.07, 6.45) is 0.0535. The van der Waals surface area contributed by atoms with Crippen molar-refractivity contribution in [2.24, 2.45) is 0 Å². The highest BCUT2D eigenvalue weighted by Crippen LogP contribution is 2.33. The summed E-state index contributed by atoms with van der Waals surface area (Å²) in [5.41, 5.74) is 2.04. The molecule has 0 spiro atoms. The second kappa shape index (κ2) is 5.54. The van der Waals surface area contributed by atoms with Crippen LogP contribution in [0.3, 0.4) is 0 Å². The van der Waals surface area contributed by atoms with Crippen LogP contribution in [0, 0.1) is 13.8 Å². The molecule has 0 saturated carbocycles. The van der Waals surface area contributed by atoms with E-state index in [0.717, 1.165) is 19.8 Å². The quantitative estimate of drug-likeness (QED) is 0.930. The van der Waals surface area contributed by atoms with Gasteiger partial charge < -0.3 is 5.11 Å². The fourth-order valence-corrected chi connectivity index (χ4v) is 3.65. The van der Waals surface area contributed by atoms with Crippen molar-refractivity contribution in [3.05, 3.63) is 40.4 Å². The molecular formula is C13H13NO2S2. The van der Waals surface area contributed by atoms with Crippen LogP contribution in [0.25, 0.3) is 0 Å². The van der Waals surface area contributed by atoms with Crippen LogP contribution in [0.2, 0.25) is 0 Å². The highest BCUT2D eigenvalue weighted by Gasteiger charge is 2.11. The number of hydrogen-bond donors (Lipinski definition) is 1. The third-order valence-electron chi connectivity index (χ3n) is 2.41. The zero-order chi connectivity index (χ0) is 13.1. The van der Waals surface area contributed by atoms with Gasteiger partial charge >= 0.3 is 5.97 Å². The number of aromatic nitrogens is 1. The normalized spacial score (nSPS) is 10.6. The average Bonchev–Trinajstić information content (AvgIpc) is 2.62. The van der Waals surface area contributed by atoms with Crippen LogP contribution in [-0.2, 0) is 11.2 Å². The first-order valence-corrected chi connectivity index (χ1v) is 7.10. The van der Waals surface area contributed by atoms with E-state index in [1.165, 1.54) is 16.9 Å². The maximum absolute atomic E-state index is 10.7. The fraction of sp³-hybridized carbons (Fsp3) is 0.231. The molecule has 5 heteroatoms. The molecule has 1 N–H and O–H groups in total. The minimum atomic E-state index is -0.811. The van der Waals surface area contributed by atoms with Crippen LogP contribution >= 0.6 is 23.1 Å². The summed E-state index contributed by atoms with van der Waals surface area (Å²) >= 11 is 3.03. The summed E-state index contributed by atoms with van der Waals surface area (Å²) in [6.45, 7) is 3.90. The molecule has 0 bridgehead atoms. The maximum atomic E-state index is 10.7. The third kappa shape index (κ3) is 3.34. The van der Waals surface area contributed by atoms with Crippen molar-refractivity contribution in [1.82, 2.24) is 4.98 Å². The molecule has 2 aromatic rings. The minimum Gasteiger partial charge on any atom is -0.481 e. The Balaban J connectivity index is 2.14. The average molecular weight is 279 g/mol. The van der Waals surface area contributed by atoms with E-state index in [0.29, 0.717) is 0 Å². The monoisotopic (exact) mass is 279 g/mol. The summed E-state index contributed by atoms with van der Waals surface area (Å²) in [5.74, 6) is -0.811. The first kappa shape index (κ1) is 13.1. The van der Waals surface area contributed by atoms with Gasteiger partial charge in [0, 0.05) is 9.77 Å². The predicted octanol–water partition coefficient (Wildman–Crippen LogP) is 3.54. The van der Waals surface area contributed by atoms with E-state index in [2.05, 4.69) is 17.1 Å². The van der Waals surface area contributed by atoms with Gasteiger partial charge in [-0.3, -0.25) is 4.79 Å². The van der Waals surface area contributed by atoms with E-state index in [9.17, 15) is 4.79 Å². The number of nitrogens with zero attached hydrogens (tertiary/aromatic N) is 1. The van der Waals surface area contributed by atoms with Gasteiger partial charge in [-0.2, -0.15) is 0 Å². The molecule has 0 atom stereocenters. The van der Waals surface area contributed by atoms with Crippen molar-refractivity contribution in [2.75, 3.05) is 0 Å². The molecule has 0 saturated heterocycles. The summed E-state index contributed by atoms with van der Waals surface area (Å²) in [6, 6.07) is 8.21. The summed E-state index contributed by atoms with van der Waals surface area (Å²) in [7, 11) is 0. The molecule has 1 aromatic heterocycles. The molecule has 94 valence electrons. The largest absolute Gasteiger partial charge is 0.481 e. The van der Waals surface area contributed by atoms with Crippen LogP contribution in [0.1, 0.15) is 16.1 Å². The van der Waals surface area contributed by atoms with Gasteiger partial charge in [-0.15, -0.1) is 11.3 Å². The lowest BCUT2D eigenvalue weighted by Crippen LogP contribution is -1.99. The van der Waals surface area contributed by atoms with Gasteiger partial charge in [0.2, 0.25) is 0 Å². The second-order valence-electron chi connectivity index (χ2n) is 3.97. The Labute approximate surface area is 114 Å². The van der Waals surface area contributed by atoms with E-state index in [1.807, 2.05) is 26.0 Å². The Hall–Kier alpha value is -1.33. The standard InChI is InChI=1S/C13H13NO2S2/c1-8-3-5-10(6-4-8)17-13-14-9(2)11(18-13)7-12(15)16/h3-6H,7H2,1-2H3,(H,15,16). The zero-order valence-electron chi connectivity index (χ0n) is 10.1. The molecule has 18 heavy (non-hydrogen) atoms. The van der Waals surface area contributed by atoms with Crippen LogP contribution in [0.5, 0.6) is 0 Å². The SMILES string of the molecule is Cc1ccc(Sc2nc(C)c(CC(=O)O)s2)cc1. The maximum Gasteiger partial charge on any atom is 0.308 e. The lowest BCUT2D eigenvalue weighted by atomic mass is 10.2. The van der Waals surface area contributed by atoms with Gasteiger partial charge in [-0.05, 0) is 26.0 Å². The molecule has 0 aliphatic heterocycles. The Morgan fingerprint density at radius 1 is 1.33 bits per heavy atom. The van der Waals surface area contributed by atoms with Crippen molar-refractivity contribution in [1.29, 1.82) is 0 Å². The van der Waals surface area contributed by atoms with E-state index in [1.54, 1.807) is 11.8 Å². The second-order valence-corrected chi connectivity index (χ2v) is 6.38. The van der Waals surface area contributed by atoms with Crippen LogP contribution in [0.4, 0.5) is 0 Å². The van der Waals surface area contributed by atoms with Crippen molar-refractivity contribution < 1.29 is 9.90 Å². The molecule has 2 rings (SSSR count). The first-order chi connectivity index (χ1) is 8.54. The number of carboxylic acids is 1. The van der Waals surface area contributed by atoms with Gasteiger partial charge in [0.15, 0.2) is 4.34 Å². The number of benzene rings is 1. The van der Waals surface area contributed by atoms with Crippen molar-refractivity contribution in [2.45, 2.75) is 29.5 Å². The van der Waals surface area contributed by atoms with Crippen molar-refractivity contribution in [3.63, 3.8) is 0 Å². The number of aliphatic carboxylic acids is 1. The van der Waals surface area contributed by atoms with E-state index >= 15 is 0 Å². The topological polar surface area (TPSA) is 50.2 Å². The van der Waals surface area contributed by atoms with Crippen LogP contribution in [-0.4, -0.2) is 16.1 Å². The Bertz CT molecular complexity index is 561. The molecule has 0 unspecified atom stereocenters. The van der Waals surface area contributed by atoms with E-state index in [-0.39, 0.29) is 6.42 Å². The molecular weight excluding hydrogens is 266 g/mol. The molecule has 0 aliphatic carbocycles. The molecule has 3 nitrogen and oxygen atoms in total. The van der Waals surface area contributed by atoms with Gasteiger partial charge in [-0.25, -0.2) is 4.98 Å². The molecule has 0 aliphatic rings. The number of aryl methyl sites for hydroxylation is 2. The van der Waals surface area contributed by atoms with Crippen LogP contribution < -0.4 is 0 Å². The zero-order valence-corrected chi connectivity index (χ0v) is 11.8. The summed E-state index contributed by atoms with van der Waals surface area (Å²) in [4.78, 5) is 17.0. The first-order valence-electron chi connectivity index (χ1n) is 5.47. The molecule has 0 fully saturated rings. The number of rotatable bonds is 4. The van der Waals surface area contributed by atoms with E-state index < -0.39 is 5.97 Å². The van der Waals surface area contributed by atoms with Crippen molar-refractivity contribution >= 4 is 29.1 Å². The van der Waals surface area contributed by atoms with Crippen molar-refractivity contribution in [3.8, 4) is 0 Å². The Kier molecular flexibility index (Phi) is 4.04. The number of thiazole rings is 1. The number of carbonyl (C=O) groups is 1. The van der Waals surface area contributed by atoms with Gasteiger partial charge in [0.25, 0.3) is 0 Å². The van der Waals surface area contributed by atoms with Gasteiger partial charge in [-0.1, -0.05) is 29.5 Å². The fourth-order valence-electron chi connectivity index (χ4n) is 1.45. The van der Waals surface area contributed by atoms with Gasteiger partial charge in [0.1, 0.15) is 0 Å². The Morgan fingerprint density at radius 3 is 2.61 bits per heavy atom. The summed E-state index contributed by atoms with van der Waals surface area (Å²) < 4.78 is 0.896. The highest BCUT2D eigenvalue weighted by atomic mass is 32.2. The molecule has 0 radical (unpaired) electrons. The summed E-state index contributed by atoms with van der Waals surface area (Å²) in [5, 5.41) is 8.79. The van der Waals surface area contributed by atoms with E-state index in [4.69, 9.17) is 5.11 Å². The molecule has 1 heterocycles. The van der Waals surface area contributed by atoms with Gasteiger partial charge in [0.05, 0.1) is 12.1 Å². The predicted molar refractivity (Wildman–Crippen MR) is 73.5 cm³/mol. The lowest BCUT2D eigenvalue weighted by molar-refractivity contribution is -0.136. The third-order valence-corrected chi connectivity index (χ3v) is 4.64. The lowest BCUT2D eigenvalue weighted by Gasteiger charge is -1.97. The molecule has 1 aromatic carbocycles. The molecule has 0 amide bonds. The number of hydrogen-bond acceptors (Lipinski definition) is 4. The Morgan fingerprint density at radius 2 is 2.00 bits per heavy atom. The number of carboxylic acid groups (broad SMARTS) is 1.